The Kier molecular flexibility index (Phi) is 5.48. The summed E-state index contributed by atoms with van der Waals surface area (Å²) < 4.78 is 49.2. The maximum Gasteiger partial charge on any atom is 0.318 e. The fourth-order valence-corrected chi connectivity index (χ4v) is 6.26. The van der Waals surface area contributed by atoms with E-state index in [1.54, 1.807) is 0 Å². The van der Waals surface area contributed by atoms with E-state index in [9.17, 15) is 26.7 Å². The summed E-state index contributed by atoms with van der Waals surface area (Å²) in [5, 5.41) is 18.9. The first-order valence-corrected chi connectivity index (χ1v) is 10.5. The zero-order chi connectivity index (χ0) is 18.3. The Balaban J connectivity index is 2.50. The van der Waals surface area contributed by atoms with Crippen LogP contribution in [0.15, 0.2) is 23.1 Å². The van der Waals surface area contributed by atoms with E-state index in [0.29, 0.717) is 4.31 Å². The summed E-state index contributed by atoms with van der Waals surface area (Å²) in [5.41, 5.74) is 0. The number of sulfonamides is 1. The molecule has 8 nitrogen and oxygen atoms in total. The van der Waals surface area contributed by atoms with Crippen LogP contribution in [-0.4, -0.2) is 67.5 Å². The molecule has 2 rings (SSSR count). The number of benzene rings is 1. The Morgan fingerprint density at radius 2 is 1.88 bits per heavy atom. The van der Waals surface area contributed by atoms with Gasteiger partial charge >= 0.3 is 5.97 Å². The van der Waals surface area contributed by atoms with Crippen molar-refractivity contribution in [3.63, 3.8) is 0 Å². The molecule has 1 aromatic rings. The number of aliphatic hydroxyl groups excluding tert-OH is 1. The minimum absolute atomic E-state index is 0.0624. The van der Waals surface area contributed by atoms with Crippen LogP contribution in [0.4, 0.5) is 0 Å². The molecule has 0 bridgehead atoms. The molecule has 0 saturated carbocycles. The molecule has 1 aliphatic rings. The first kappa shape index (κ1) is 19.4. The van der Waals surface area contributed by atoms with Crippen molar-refractivity contribution in [1.29, 1.82) is 0 Å². The fraction of sp³-hybridized carbons (Fsp3) is 0.417. The van der Waals surface area contributed by atoms with Gasteiger partial charge in [0.1, 0.15) is 6.54 Å². The van der Waals surface area contributed by atoms with Crippen molar-refractivity contribution >= 4 is 49.0 Å². The summed E-state index contributed by atoms with van der Waals surface area (Å²) in [6.07, 6.45) is -1.52. The van der Waals surface area contributed by atoms with Crippen LogP contribution >= 0.6 is 23.2 Å². The molecule has 24 heavy (non-hydrogen) atoms. The van der Waals surface area contributed by atoms with Crippen LogP contribution in [0.5, 0.6) is 0 Å². The van der Waals surface area contributed by atoms with Gasteiger partial charge in [0.2, 0.25) is 10.0 Å². The molecule has 0 amide bonds. The van der Waals surface area contributed by atoms with Gasteiger partial charge in [-0.25, -0.2) is 16.8 Å². The lowest BCUT2D eigenvalue weighted by Gasteiger charge is -2.27. The quantitative estimate of drug-likeness (QED) is 0.700. The van der Waals surface area contributed by atoms with Crippen LogP contribution in [0.3, 0.4) is 0 Å². The van der Waals surface area contributed by atoms with Gasteiger partial charge in [0, 0.05) is 0 Å². The number of carboxylic acids is 1. The van der Waals surface area contributed by atoms with E-state index in [4.69, 9.17) is 28.3 Å². The molecule has 0 unspecified atom stereocenters. The van der Waals surface area contributed by atoms with Crippen molar-refractivity contribution in [3.05, 3.63) is 28.2 Å². The number of halogens is 2. The van der Waals surface area contributed by atoms with Crippen molar-refractivity contribution in [2.75, 3.05) is 18.1 Å². The topological polar surface area (TPSA) is 129 Å². The van der Waals surface area contributed by atoms with E-state index < -0.39 is 56.0 Å². The first-order chi connectivity index (χ1) is 10.9. The molecule has 1 aromatic carbocycles. The molecule has 12 heteroatoms. The van der Waals surface area contributed by atoms with Crippen LogP contribution in [0.25, 0.3) is 0 Å². The molecule has 0 aliphatic carbocycles. The minimum Gasteiger partial charge on any atom is -0.480 e. The molecule has 0 aromatic heterocycles. The number of rotatable bonds is 5. The Labute approximate surface area is 148 Å². The second-order valence-corrected chi connectivity index (χ2v) is 10.1. The number of carboxylic acid groups (broad SMARTS) is 1. The Hall–Kier alpha value is -0.910. The van der Waals surface area contributed by atoms with Crippen LogP contribution < -0.4 is 0 Å². The van der Waals surface area contributed by atoms with Crippen LogP contribution in [0.1, 0.15) is 0 Å². The van der Waals surface area contributed by atoms with Gasteiger partial charge in [-0.3, -0.25) is 4.79 Å². The molecular weight excluding hydrogens is 405 g/mol. The molecule has 1 aliphatic heterocycles. The monoisotopic (exact) mass is 417 g/mol. The van der Waals surface area contributed by atoms with Gasteiger partial charge < -0.3 is 10.2 Å². The van der Waals surface area contributed by atoms with Gasteiger partial charge in [0.15, 0.2) is 9.84 Å². The third kappa shape index (κ3) is 4.01. The maximum absolute atomic E-state index is 12.7. The predicted molar refractivity (Wildman–Crippen MR) is 86.4 cm³/mol. The predicted octanol–water partition coefficient (Wildman–Crippen LogP) is 0.227. The lowest BCUT2D eigenvalue weighted by Crippen LogP contribution is -2.48. The summed E-state index contributed by atoms with van der Waals surface area (Å²) in [6.45, 7) is -1.00. The van der Waals surface area contributed by atoms with Gasteiger partial charge in [-0.1, -0.05) is 23.2 Å². The van der Waals surface area contributed by atoms with Crippen LogP contribution in [0, 0.1) is 0 Å². The fourth-order valence-electron chi connectivity index (χ4n) is 2.37. The third-order valence-electron chi connectivity index (χ3n) is 3.45. The Morgan fingerprint density at radius 1 is 1.25 bits per heavy atom. The zero-order valence-corrected chi connectivity index (χ0v) is 15.1. The zero-order valence-electron chi connectivity index (χ0n) is 12.0. The largest absolute Gasteiger partial charge is 0.480 e. The van der Waals surface area contributed by atoms with Gasteiger partial charge in [0.05, 0.1) is 38.6 Å². The highest BCUT2D eigenvalue weighted by atomic mass is 35.5. The lowest BCUT2D eigenvalue weighted by molar-refractivity contribution is -0.137. The van der Waals surface area contributed by atoms with E-state index in [0.717, 1.165) is 12.1 Å². The van der Waals surface area contributed by atoms with E-state index in [1.807, 2.05) is 0 Å². The van der Waals surface area contributed by atoms with E-state index in [-0.39, 0.29) is 14.9 Å². The molecule has 0 spiro atoms. The Bertz CT molecular complexity index is 869. The first-order valence-electron chi connectivity index (χ1n) is 6.51. The highest BCUT2D eigenvalue weighted by Gasteiger charge is 2.45. The number of carbonyl (C=O) groups is 1. The SMILES string of the molecule is O=C(O)CN([C@@H]1CS(=O)(=O)C[C@H]1O)S(=O)(=O)c1ccc(Cl)c(Cl)c1. The molecule has 1 fully saturated rings. The van der Waals surface area contributed by atoms with E-state index in [2.05, 4.69) is 0 Å². The number of aliphatic carboxylic acids is 1. The van der Waals surface area contributed by atoms with Gasteiger partial charge in [-0.05, 0) is 18.2 Å². The number of hydrogen-bond acceptors (Lipinski definition) is 6. The molecule has 2 N–H and O–H groups in total. The number of sulfone groups is 1. The Morgan fingerprint density at radius 3 is 2.33 bits per heavy atom. The standard InChI is InChI=1S/C12H13Cl2NO7S2/c13-8-2-1-7(3-9(8)14)24(21,22)15(4-12(17)18)10-5-23(19,20)6-11(10)16/h1-3,10-11,16H,4-6H2,(H,17,18)/t10-,11-/m1/s1. The van der Waals surface area contributed by atoms with Crippen molar-refractivity contribution in [2.24, 2.45) is 0 Å². The van der Waals surface area contributed by atoms with Gasteiger partial charge in [-0.2, -0.15) is 4.31 Å². The van der Waals surface area contributed by atoms with Crippen molar-refractivity contribution in [1.82, 2.24) is 4.31 Å². The van der Waals surface area contributed by atoms with Crippen molar-refractivity contribution in [2.45, 2.75) is 17.0 Å². The van der Waals surface area contributed by atoms with Crippen LogP contribution in [-0.2, 0) is 24.7 Å². The van der Waals surface area contributed by atoms with Crippen molar-refractivity contribution in [3.8, 4) is 0 Å². The molecule has 2 atom stereocenters. The van der Waals surface area contributed by atoms with Crippen molar-refractivity contribution < 1.29 is 31.8 Å². The molecule has 0 radical (unpaired) electrons. The lowest BCUT2D eigenvalue weighted by atomic mass is 10.2. The van der Waals surface area contributed by atoms with Gasteiger partial charge in [-0.15, -0.1) is 0 Å². The molecular formula is C12H13Cl2NO7S2. The third-order valence-corrected chi connectivity index (χ3v) is 7.76. The summed E-state index contributed by atoms with van der Waals surface area (Å²) in [5.74, 6) is -2.79. The van der Waals surface area contributed by atoms with Gasteiger partial charge in [0.25, 0.3) is 0 Å². The average Bonchev–Trinajstić information content (AvgIpc) is 2.71. The molecule has 1 saturated heterocycles. The summed E-state index contributed by atoms with van der Waals surface area (Å²) >= 11 is 11.5. The highest BCUT2D eigenvalue weighted by Crippen LogP contribution is 2.29. The number of hydrogen-bond donors (Lipinski definition) is 2. The molecule has 1 heterocycles. The second-order valence-electron chi connectivity index (χ2n) is 5.23. The normalized spacial score (nSPS) is 23.5. The van der Waals surface area contributed by atoms with Crippen LogP contribution in [0.2, 0.25) is 10.0 Å². The number of nitrogens with zero attached hydrogens (tertiary/aromatic N) is 1. The summed E-state index contributed by atoms with van der Waals surface area (Å²) in [7, 11) is -8.10. The second kappa shape index (κ2) is 6.77. The number of aliphatic hydroxyl groups is 1. The summed E-state index contributed by atoms with van der Waals surface area (Å²) in [6, 6.07) is 1.97. The maximum atomic E-state index is 12.7. The summed E-state index contributed by atoms with van der Waals surface area (Å²) in [4.78, 5) is 10.7. The average molecular weight is 418 g/mol. The minimum atomic E-state index is -4.42. The van der Waals surface area contributed by atoms with E-state index in [1.165, 1.54) is 6.07 Å². The highest BCUT2D eigenvalue weighted by molar-refractivity contribution is 7.92. The van der Waals surface area contributed by atoms with E-state index >= 15 is 0 Å². The smallest absolute Gasteiger partial charge is 0.318 e. The molecule has 134 valence electrons.